The second kappa shape index (κ2) is 6.96. The highest BCUT2D eigenvalue weighted by Gasteiger charge is 2.11. The highest BCUT2D eigenvalue weighted by Crippen LogP contribution is 2.34. The number of hydrogen-bond acceptors (Lipinski definition) is 4. The quantitative estimate of drug-likeness (QED) is 0.523. The normalized spacial score (nSPS) is 11.0. The van der Waals surface area contributed by atoms with Gasteiger partial charge in [0.25, 0.3) is 0 Å². The first-order chi connectivity index (χ1) is 12.7. The predicted octanol–water partition coefficient (Wildman–Crippen LogP) is 4.78. The zero-order valence-corrected chi connectivity index (χ0v) is 14.9. The van der Waals surface area contributed by atoms with E-state index in [1.165, 1.54) is 5.56 Å². The summed E-state index contributed by atoms with van der Waals surface area (Å²) in [6, 6.07) is 14.1. The first-order valence-electron chi connectivity index (χ1n) is 8.74. The third kappa shape index (κ3) is 3.16. The summed E-state index contributed by atoms with van der Waals surface area (Å²) in [6.07, 6.45) is 7.52. The molecule has 0 fully saturated rings. The second-order valence-corrected chi connectivity index (χ2v) is 6.27. The lowest BCUT2D eigenvalue weighted by atomic mass is 10.0. The minimum Gasteiger partial charge on any atom is -0.438 e. The van der Waals surface area contributed by atoms with Gasteiger partial charge in [-0.25, -0.2) is 4.98 Å². The summed E-state index contributed by atoms with van der Waals surface area (Å²) in [6.45, 7) is 2.18. The van der Waals surface area contributed by atoms with Crippen LogP contribution in [0.15, 0.2) is 61.2 Å². The molecular weight excluding hydrogens is 324 g/mol. The van der Waals surface area contributed by atoms with E-state index in [0.717, 1.165) is 40.9 Å². The van der Waals surface area contributed by atoms with Gasteiger partial charge in [-0.3, -0.25) is 4.98 Å². The molecule has 0 saturated heterocycles. The second-order valence-electron chi connectivity index (χ2n) is 6.27. The number of benzene rings is 1. The summed E-state index contributed by atoms with van der Waals surface area (Å²) in [7, 11) is 1.92. The Hall–Kier alpha value is -3.21. The molecule has 130 valence electrons. The molecule has 5 nitrogen and oxygen atoms in total. The molecule has 4 aromatic rings. The minimum atomic E-state index is 0.550. The predicted molar refractivity (Wildman–Crippen MR) is 102 cm³/mol. The molecule has 0 bridgehead atoms. The number of aryl methyl sites for hydroxylation is 2. The fourth-order valence-corrected chi connectivity index (χ4v) is 3.01. The SMILES string of the molecule is CCCc1ccc(Oc2ccc3ncn(C)c3n2)c(-c2cccnc2)c1. The van der Waals surface area contributed by atoms with E-state index in [9.17, 15) is 0 Å². The topological polar surface area (TPSA) is 52.8 Å². The molecular formula is C21H20N4O. The fraction of sp³-hybridized carbons (Fsp3) is 0.190. The number of pyridine rings is 2. The number of rotatable bonds is 5. The van der Waals surface area contributed by atoms with E-state index >= 15 is 0 Å². The largest absolute Gasteiger partial charge is 0.438 e. The van der Waals surface area contributed by atoms with E-state index in [1.807, 2.05) is 48.1 Å². The first-order valence-corrected chi connectivity index (χ1v) is 8.74. The average molecular weight is 344 g/mol. The van der Waals surface area contributed by atoms with Gasteiger partial charge in [0.2, 0.25) is 5.88 Å². The van der Waals surface area contributed by atoms with E-state index in [1.54, 1.807) is 12.5 Å². The molecule has 0 aliphatic carbocycles. The Morgan fingerprint density at radius 1 is 1.12 bits per heavy atom. The van der Waals surface area contributed by atoms with Crippen LogP contribution in [0.4, 0.5) is 0 Å². The summed E-state index contributed by atoms with van der Waals surface area (Å²) in [5.74, 6) is 1.32. The smallest absolute Gasteiger partial charge is 0.221 e. The van der Waals surface area contributed by atoms with E-state index in [0.29, 0.717) is 5.88 Å². The van der Waals surface area contributed by atoms with Crippen molar-refractivity contribution in [1.29, 1.82) is 0 Å². The minimum absolute atomic E-state index is 0.550. The summed E-state index contributed by atoms with van der Waals surface area (Å²) < 4.78 is 8.03. The Morgan fingerprint density at radius 2 is 2.04 bits per heavy atom. The zero-order valence-electron chi connectivity index (χ0n) is 14.9. The van der Waals surface area contributed by atoms with Crippen LogP contribution in [-0.4, -0.2) is 19.5 Å². The number of hydrogen-bond donors (Lipinski definition) is 0. The van der Waals surface area contributed by atoms with Crippen LogP contribution >= 0.6 is 0 Å². The van der Waals surface area contributed by atoms with Gasteiger partial charge in [0.05, 0.1) is 6.33 Å². The average Bonchev–Trinajstić information content (AvgIpc) is 3.04. The molecule has 0 atom stereocenters. The van der Waals surface area contributed by atoms with Gasteiger partial charge in [-0.15, -0.1) is 0 Å². The molecule has 0 aliphatic rings. The van der Waals surface area contributed by atoms with Crippen molar-refractivity contribution in [1.82, 2.24) is 19.5 Å². The highest BCUT2D eigenvalue weighted by atomic mass is 16.5. The van der Waals surface area contributed by atoms with E-state index < -0.39 is 0 Å². The Kier molecular flexibility index (Phi) is 4.35. The van der Waals surface area contributed by atoms with Crippen LogP contribution < -0.4 is 4.74 Å². The summed E-state index contributed by atoms with van der Waals surface area (Å²) >= 11 is 0. The van der Waals surface area contributed by atoms with Gasteiger partial charge >= 0.3 is 0 Å². The Morgan fingerprint density at radius 3 is 2.85 bits per heavy atom. The van der Waals surface area contributed by atoms with Crippen molar-refractivity contribution in [2.24, 2.45) is 7.05 Å². The number of fused-ring (bicyclic) bond motifs is 1. The molecule has 0 spiro atoms. The third-order valence-corrected chi connectivity index (χ3v) is 4.30. The molecule has 0 saturated carbocycles. The van der Waals surface area contributed by atoms with Crippen LogP contribution in [0.3, 0.4) is 0 Å². The fourth-order valence-electron chi connectivity index (χ4n) is 3.01. The van der Waals surface area contributed by atoms with Gasteiger partial charge in [-0.1, -0.05) is 25.5 Å². The maximum atomic E-state index is 6.15. The van der Waals surface area contributed by atoms with Crippen LogP contribution in [0.1, 0.15) is 18.9 Å². The monoisotopic (exact) mass is 344 g/mol. The van der Waals surface area contributed by atoms with Crippen molar-refractivity contribution >= 4 is 11.2 Å². The Balaban J connectivity index is 1.75. The van der Waals surface area contributed by atoms with Crippen LogP contribution in [0, 0.1) is 0 Å². The van der Waals surface area contributed by atoms with Gasteiger partial charge < -0.3 is 9.30 Å². The molecule has 1 aromatic carbocycles. The van der Waals surface area contributed by atoms with Crippen molar-refractivity contribution in [3.63, 3.8) is 0 Å². The van der Waals surface area contributed by atoms with Gasteiger partial charge in [0.15, 0.2) is 5.65 Å². The van der Waals surface area contributed by atoms with Crippen LogP contribution in [-0.2, 0) is 13.5 Å². The van der Waals surface area contributed by atoms with Crippen molar-refractivity contribution in [2.45, 2.75) is 19.8 Å². The molecule has 5 heteroatoms. The third-order valence-electron chi connectivity index (χ3n) is 4.30. The summed E-state index contributed by atoms with van der Waals surface area (Å²) in [5, 5.41) is 0. The lowest BCUT2D eigenvalue weighted by Gasteiger charge is -2.12. The van der Waals surface area contributed by atoms with E-state index in [4.69, 9.17) is 4.74 Å². The number of ether oxygens (including phenoxy) is 1. The summed E-state index contributed by atoms with van der Waals surface area (Å²) in [4.78, 5) is 13.1. The number of imidazole rings is 1. The highest BCUT2D eigenvalue weighted by molar-refractivity contribution is 5.73. The van der Waals surface area contributed by atoms with Gasteiger partial charge in [-0.05, 0) is 36.2 Å². The van der Waals surface area contributed by atoms with Crippen molar-refractivity contribution in [3.8, 4) is 22.8 Å². The Bertz CT molecular complexity index is 1040. The molecule has 0 amide bonds. The van der Waals surface area contributed by atoms with Crippen molar-refractivity contribution < 1.29 is 4.74 Å². The standard InChI is InChI=1S/C21H20N4O/c1-3-5-15-7-9-19(17(12-15)16-6-4-11-22-13-16)26-20-10-8-18-21(24-20)25(2)14-23-18/h4,6-14H,3,5H2,1-2H3. The molecule has 0 radical (unpaired) electrons. The molecule has 0 aliphatic heterocycles. The summed E-state index contributed by atoms with van der Waals surface area (Å²) in [5.41, 5.74) is 4.99. The lowest BCUT2D eigenvalue weighted by Crippen LogP contribution is -1.95. The molecule has 0 N–H and O–H groups in total. The van der Waals surface area contributed by atoms with Gasteiger partial charge in [0.1, 0.15) is 11.3 Å². The lowest BCUT2D eigenvalue weighted by molar-refractivity contribution is 0.466. The van der Waals surface area contributed by atoms with E-state index in [2.05, 4.69) is 34.0 Å². The molecule has 3 aromatic heterocycles. The molecule has 26 heavy (non-hydrogen) atoms. The number of aromatic nitrogens is 4. The van der Waals surface area contributed by atoms with Crippen molar-refractivity contribution in [2.75, 3.05) is 0 Å². The molecule has 4 rings (SSSR count). The molecule has 0 unspecified atom stereocenters. The van der Waals surface area contributed by atoms with Gasteiger partial charge in [0, 0.05) is 36.6 Å². The molecule has 3 heterocycles. The maximum absolute atomic E-state index is 6.15. The van der Waals surface area contributed by atoms with Crippen LogP contribution in [0.2, 0.25) is 0 Å². The Labute approximate surface area is 152 Å². The number of nitrogens with zero attached hydrogens (tertiary/aromatic N) is 4. The van der Waals surface area contributed by atoms with Crippen LogP contribution in [0.25, 0.3) is 22.3 Å². The zero-order chi connectivity index (χ0) is 17.9. The van der Waals surface area contributed by atoms with Gasteiger partial charge in [-0.2, -0.15) is 4.98 Å². The van der Waals surface area contributed by atoms with Crippen molar-refractivity contribution in [3.05, 3.63) is 66.7 Å². The van der Waals surface area contributed by atoms with E-state index in [-0.39, 0.29) is 0 Å². The van der Waals surface area contributed by atoms with Crippen LogP contribution in [0.5, 0.6) is 11.6 Å². The first kappa shape index (κ1) is 16.3. The maximum Gasteiger partial charge on any atom is 0.221 e.